The molecule has 0 saturated carbocycles. The van der Waals surface area contributed by atoms with Crippen LogP contribution in [0, 0.1) is 17.1 Å². The van der Waals surface area contributed by atoms with E-state index < -0.39 is 17.6 Å². The minimum absolute atomic E-state index is 0.153. The lowest BCUT2D eigenvalue weighted by atomic mass is 10.0. The minimum Gasteiger partial charge on any atom is -0.347 e. The Morgan fingerprint density at radius 2 is 1.56 bits per heavy atom. The van der Waals surface area contributed by atoms with Crippen molar-refractivity contribution in [2.24, 2.45) is 4.99 Å². The van der Waals surface area contributed by atoms with Gasteiger partial charge in [-0.3, -0.25) is 9.59 Å². The van der Waals surface area contributed by atoms with Crippen LogP contribution in [0.25, 0.3) is 5.70 Å². The van der Waals surface area contributed by atoms with Gasteiger partial charge in [0.1, 0.15) is 23.3 Å². The molecule has 32 heavy (non-hydrogen) atoms. The summed E-state index contributed by atoms with van der Waals surface area (Å²) in [7, 11) is 0. The standard InChI is InChI=1S/C25H17FN4O2/c26-18-12-10-17(11-13-18)24(31)30-23-20-9-5-4-8-19(20)22(29-23)21(14-27)25(32)28-15-16-6-2-1-3-7-16/h1-13H,15H2,(H,28,32)(H,29,30,31). The zero-order chi connectivity index (χ0) is 22.5. The van der Waals surface area contributed by atoms with Gasteiger partial charge in [0.2, 0.25) is 0 Å². The first-order valence-electron chi connectivity index (χ1n) is 9.78. The lowest BCUT2D eigenvalue weighted by Crippen LogP contribution is -2.30. The summed E-state index contributed by atoms with van der Waals surface area (Å²) in [6.45, 7) is 0.262. The Balaban J connectivity index is 1.63. The molecule has 1 heterocycles. The molecule has 0 fully saturated rings. The van der Waals surface area contributed by atoms with Crippen molar-refractivity contribution >= 4 is 23.3 Å². The van der Waals surface area contributed by atoms with Crippen LogP contribution in [0.3, 0.4) is 0 Å². The number of hydrogen-bond acceptors (Lipinski definition) is 4. The number of carbonyl (C=O) groups is 2. The maximum absolute atomic E-state index is 13.1. The van der Waals surface area contributed by atoms with E-state index in [2.05, 4.69) is 15.6 Å². The highest BCUT2D eigenvalue weighted by Crippen LogP contribution is 2.30. The number of rotatable bonds is 4. The van der Waals surface area contributed by atoms with E-state index in [4.69, 9.17) is 0 Å². The van der Waals surface area contributed by atoms with Gasteiger partial charge in [0.05, 0.1) is 5.70 Å². The van der Waals surface area contributed by atoms with Crippen molar-refractivity contribution in [3.63, 3.8) is 0 Å². The fourth-order valence-electron chi connectivity index (χ4n) is 3.27. The van der Waals surface area contributed by atoms with Gasteiger partial charge in [-0.05, 0) is 29.8 Å². The van der Waals surface area contributed by atoms with Crippen molar-refractivity contribution in [1.82, 2.24) is 10.6 Å². The molecule has 3 aromatic rings. The van der Waals surface area contributed by atoms with E-state index in [1.54, 1.807) is 24.3 Å². The summed E-state index contributed by atoms with van der Waals surface area (Å²) < 4.78 is 13.1. The molecule has 1 aliphatic rings. The highest BCUT2D eigenvalue weighted by molar-refractivity contribution is 6.20. The van der Waals surface area contributed by atoms with Crippen LogP contribution in [0.1, 0.15) is 27.0 Å². The van der Waals surface area contributed by atoms with Gasteiger partial charge >= 0.3 is 0 Å². The van der Waals surface area contributed by atoms with Crippen LogP contribution < -0.4 is 10.6 Å². The number of aliphatic imine (C=N–C) groups is 1. The first-order chi connectivity index (χ1) is 15.6. The van der Waals surface area contributed by atoms with E-state index in [1.165, 1.54) is 24.3 Å². The van der Waals surface area contributed by atoms with Crippen LogP contribution >= 0.6 is 0 Å². The predicted octanol–water partition coefficient (Wildman–Crippen LogP) is 3.57. The molecule has 156 valence electrons. The molecule has 2 N–H and O–H groups in total. The molecular formula is C25H17FN4O2. The second-order valence-electron chi connectivity index (χ2n) is 6.97. The quantitative estimate of drug-likeness (QED) is 0.495. The van der Waals surface area contributed by atoms with Gasteiger partial charge in [-0.25, -0.2) is 9.38 Å². The van der Waals surface area contributed by atoms with E-state index >= 15 is 0 Å². The van der Waals surface area contributed by atoms with E-state index in [1.807, 2.05) is 36.4 Å². The molecule has 0 unspecified atom stereocenters. The Bertz CT molecular complexity index is 1290. The highest BCUT2D eigenvalue weighted by Gasteiger charge is 2.27. The number of amides is 2. The van der Waals surface area contributed by atoms with Crippen molar-refractivity contribution in [2.75, 3.05) is 0 Å². The third kappa shape index (κ3) is 4.30. The largest absolute Gasteiger partial charge is 0.347 e. The third-order valence-corrected chi connectivity index (χ3v) is 4.87. The summed E-state index contributed by atoms with van der Waals surface area (Å²) in [5, 5.41) is 15.1. The zero-order valence-electron chi connectivity index (χ0n) is 16.8. The number of nitrogens with one attached hydrogen (secondary N) is 2. The zero-order valence-corrected chi connectivity index (χ0v) is 16.8. The number of amidine groups is 1. The molecule has 1 aliphatic heterocycles. The molecule has 0 saturated heterocycles. The maximum Gasteiger partial charge on any atom is 0.264 e. The Hall–Kier alpha value is -4.57. The van der Waals surface area contributed by atoms with Crippen LogP contribution in [-0.2, 0) is 11.3 Å². The summed E-state index contributed by atoms with van der Waals surface area (Å²) in [5.74, 6) is -1.27. The normalized spacial score (nSPS) is 13.4. The average molecular weight is 424 g/mol. The molecule has 0 aromatic heterocycles. The van der Waals surface area contributed by atoms with Crippen molar-refractivity contribution in [3.8, 4) is 6.07 Å². The Morgan fingerprint density at radius 3 is 2.25 bits per heavy atom. The number of halogens is 1. The summed E-state index contributed by atoms with van der Waals surface area (Å²) in [5.41, 5.74) is 2.33. The highest BCUT2D eigenvalue weighted by atomic mass is 19.1. The Labute approximate surface area is 183 Å². The second kappa shape index (κ2) is 9.06. The Morgan fingerprint density at radius 1 is 0.906 bits per heavy atom. The average Bonchev–Trinajstić information content (AvgIpc) is 3.17. The molecular weight excluding hydrogens is 407 g/mol. The minimum atomic E-state index is -0.559. The summed E-state index contributed by atoms with van der Waals surface area (Å²) in [6.07, 6.45) is 0. The van der Waals surface area contributed by atoms with Gasteiger partial charge in [0.25, 0.3) is 11.8 Å². The third-order valence-electron chi connectivity index (χ3n) is 4.87. The SMILES string of the molecule is N#CC(C(=O)NCc1ccccc1)=C1N=C(NC(=O)c2ccc(F)cc2)c2ccccc21. The van der Waals surface area contributed by atoms with Gasteiger partial charge in [0.15, 0.2) is 0 Å². The van der Waals surface area contributed by atoms with Crippen molar-refractivity contribution in [3.05, 3.63) is 113 Å². The molecule has 7 heteroatoms. The summed E-state index contributed by atoms with van der Waals surface area (Å²) in [6, 6.07) is 23.4. The van der Waals surface area contributed by atoms with Crippen LogP contribution in [0.4, 0.5) is 4.39 Å². The van der Waals surface area contributed by atoms with Gasteiger partial charge in [-0.15, -0.1) is 0 Å². The Kier molecular flexibility index (Phi) is 5.86. The van der Waals surface area contributed by atoms with Crippen LogP contribution in [-0.4, -0.2) is 17.6 Å². The monoisotopic (exact) mass is 424 g/mol. The second-order valence-corrected chi connectivity index (χ2v) is 6.97. The van der Waals surface area contributed by atoms with Crippen LogP contribution in [0.5, 0.6) is 0 Å². The maximum atomic E-state index is 13.1. The van der Waals surface area contributed by atoms with Crippen molar-refractivity contribution in [1.29, 1.82) is 5.26 Å². The first-order valence-corrected chi connectivity index (χ1v) is 9.78. The number of nitriles is 1. The van der Waals surface area contributed by atoms with Gasteiger partial charge < -0.3 is 10.6 Å². The molecule has 6 nitrogen and oxygen atoms in total. The van der Waals surface area contributed by atoms with Gasteiger partial charge in [-0.1, -0.05) is 54.6 Å². The lowest BCUT2D eigenvalue weighted by molar-refractivity contribution is -0.117. The molecule has 0 aliphatic carbocycles. The van der Waals surface area contributed by atoms with Gasteiger partial charge in [0, 0.05) is 23.2 Å². The predicted molar refractivity (Wildman–Crippen MR) is 118 cm³/mol. The van der Waals surface area contributed by atoms with E-state index in [9.17, 15) is 19.2 Å². The summed E-state index contributed by atoms with van der Waals surface area (Å²) >= 11 is 0. The van der Waals surface area contributed by atoms with Crippen LogP contribution in [0.2, 0.25) is 0 Å². The molecule has 4 rings (SSSR count). The molecule has 0 spiro atoms. The molecule has 0 radical (unpaired) electrons. The molecule has 0 atom stereocenters. The fourth-order valence-corrected chi connectivity index (χ4v) is 3.27. The lowest BCUT2D eigenvalue weighted by Gasteiger charge is -2.06. The fraction of sp³-hybridized carbons (Fsp3) is 0.0400. The number of benzene rings is 3. The van der Waals surface area contributed by atoms with E-state index in [-0.39, 0.29) is 29.2 Å². The topological polar surface area (TPSA) is 94.3 Å². The van der Waals surface area contributed by atoms with E-state index in [0.29, 0.717) is 11.1 Å². The number of hydrogen-bond donors (Lipinski definition) is 2. The smallest absolute Gasteiger partial charge is 0.264 e. The number of fused-ring (bicyclic) bond motifs is 1. The summed E-state index contributed by atoms with van der Waals surface area (Å²) in [4.78, 5) is 29.7. The van der Waals surface area contributed by atoms with Crippen molar-refractivity contribution in [2.45, 2.75) is 6.54 Å². The number of nitrogens with zero attached hydrogens (tertiary/aromatic N) is 2. The van der Waals surface area contributed by atoms with E-state index in [0.717, 1.165) is 5.56 Å². The molecule has 2 amide bonds. The van der Waals surface area contributed by atoms with Gasteiger partial charge in [-0.2, -0.15) is 5.26 Å². The number of carbonyl (C=O) groups excluding carboxylic acids is 2. The first kappa shape index (κ1) is 20.7. The molecule has 3 aromatic carbocycles. The van der Waals surface area contributed by atoms with Crippen molar-refractivity contribution < 1.29 is 14.0 Å². The van der Waals surface area contributed by atoms with Crippen LogP contribution in [0.15, 0.2) is 89.4 Å². The molecule has 0 bridgehead atoms.